The van der Waals surface area contributed by atoms with Crippen LogP contribution in [0.3, 0.4) is 0 Å². The van der Waals surface area contributed by atoms with Crippen LogP contribution in [-0.4, -0.2) is 12.1 Å². The SMILES string of the molecule is O=C1NC(C2=CCC=C(Oc3ccccc3)C=C2)NCc2ccc(Cl)cc21. The van der Waals surface area contributed by atoms with Crippen molar-refractivity contribution in [2.75, 3.05) is 0 Å². The molecule has 0 bridgehead atoms. The molecule has 1 aliphatic heterocycles. The number of benzene rings is 2. The Kier molecular flexibility index (Phi) is 5.10. The van der Waals surface area contributed by atoms with Crippen LogP contribution in [0.4, 0.5) is 0 Å². The molecule has 0 spiro atoms. The van der Waals surface area contributed by atoms with Crippen LogP contribution >= 0.6 is 11.6 Å². The van der Waals surface area contributed by atoms with Crippen molar-refractivity contribution in [2.24, 2.45) is 0 Å². The molecule has 1 amide bonds. The van der Waals surface area contributed by atoms with E-state index in [1.807, 2.05) is 54.6 Å². The Balaban J connectivity index is 1.48. The Labute approximate surface area is 163 Å². The quantitative estimate of drug-likeness (QED) is 0.834. The van der Waals surface area contributed by atoms with E-state index in [4.69, 9.17) is 16.3 Å². The van der Waals surface area contributed by atoms with Gasteiger partial charge in [-0.2, -0.15) is 0 Å². The summed E-state index contributed by atoms with van der Waals surface area (Å²) in [5, 5.41) is 6.98. The van der Waals surface area contributed by atoms with E-state index in [9.17, 15) is 4.79 Å². The highest BCUT2D eigenvalue weighted by molar-refractivity contribution is 6.31. The zero-order valence-corrected chi connectivity index (χ0v) is 15.4. The molecule has 2 N–H and O–H groups in total. The van der Waals surface area contributed by atoms with E-state index >= 15 is 0 Å². The van der Waals surface area contributed by atoms with Crippen molar-refractivity contribution in [1.29, 1.82) is 0 Å². The summed E-state index contributed by atoms with van der Waals surface area (Å²) in [6, 6.07) is 15.1. The van der Waals surface area contributed by atoms with Crippen LogP contribution in [0.15, 0.2) is 84.2 Å². The minimum Gasteiger partial charge on any atom is -0.458 e. The molecule has 0 aromatic heterocycles. The van der Waals surface area contributed by atoms with Crippen molar-refractivity contribution in [3.63, 3.8) is 0 Å². The largest absolute Gasteiger partial charge is 0.458 e. The van der Waals surface area contributed by atoms with E-state index in [0.717, 1.165) is 29.1 Å². The highest BCUT2D eigenvalue weighted by Crippen LogP contribution is 2.21. The highest BCUT2D eigenvalue weighted by atomic mass is 35.5. The van der Waals surface area contributed by atoms with Gasteiger partial charge in [0.1, 0.15) is 17.7 Å². The van der Waals surface area contributed by atoms with Gasteiger partial charge in [0.25, 0.3) is 5.91 Å². The summed E-state index contributed by atoms with van der Waals surface area (Å²) in [6.45, 7) is 0.585. The van der Waals surface area contributed by atoms with Crippen LogP contribution in [0.5, 0.6) is 5.75 Å². The lowest BCUT2D eigenvalue weighted by molar-refractivity contribution is 0.0942. The second-order valence-electron chi connectivity index (χ2n) is 6.38. The van der Waals surface area contributed by atoms with Gasteiger partial charge in [0.15, 0.2) is 0 Å². The Morgan fingerprint density at radius 2 is 1.89 bits per heavy atom. The van der Waals surface area contributed by atoms with Crippen LogP contribution < -0.4 is 15.4 Å². The molecule has 4 rings (SSSR count). The summed E-state index contributed by atoms with van der Waals surface area (Å²) < 4.78 is 5.90. The van der Waals surface area contributed by atoms with E-state index in [-0.39, 0.29) is 12.1 Å². The predicted octanol–water partition coefficient (Wildman–Crippen LogP) is 4.35. The van der Waals surface area contributed by atoms with Crippen molar-refractivity contribution in [3.8, 4) is 5.75 Å². The Hall–Kier alpha value is -2.82. The van der Waals surface area contributed by atoms with E-state index in [2.05, 4.69) is 16.7 Å². The normalized spacial score (nSPS) is 19.1. The van der Waals surface area contributed by atoms with Gasteiger partial charge in [-0.1, -0.05) is 48.0 Å². The third kappa shape index (κ3) is 4.13. The van der Waals surface area contributed by atoms with Crippen LogP contribution in [0.25, 0.3) is 0 Å². The zero-order chi connectivity index (χ0) is 18.6. The van der Waals surface area contributed by atoms with E-state index in [0.29, 0.717) is 17.1 Å². The maximum Gasteiger partial charge on any atom is 0.253 e. The molecule has 27 heavy (non-hydrogen) atoms. The van der Waals surface area contributed by atoms with Crippen molar-refractivity contribution >= 4 is 17.5 Å². The number of rotatable bonds is 3. The molecule has 2 aromatic carbocycles. The standard InChI is InChI=1S/C22H19ClN2O2/c23-17-11-9-16-14-24-21(25-22(26)20(16)13-17)15-5-4-8-19(12-10-15)27-18-6-2-1-3-7-18/h1-3,5-13,21,24H,4,14H2,(H,25,26). The minimum absolute atomic E-state index is 0.130. The van der Waals surface area contributed by atoms with Crippen molar-refractivity contribution in [2.45, 2.75) is 19.1 Å². The number of amides is 1. The van der Waals surface area contributed by atoms with Gasteiger partial charge in [0, 0.05) is 17.1 Å². The number of hydrogen-bond acceptors (Lipinski definition) is 3. The number of fused-ring (bicyclic) bond motifs is 1. The molecule has 0 fully saturated rings. The Morgan fingerprint density at radius 1 is 1.04 bits per heavy atom. The molecule has 1 aliphatic carbocycles. The summed E-state index contributed by atoms with van der Waals surface area (Å²) in [5.74, 6) is 1.45. The second kappa shape index (κ2) is 7.82. The molecule has 2 aliphatic rings. The molecule has 1 heterocycles. The lowest BCUT2D eigenvalue weighted by atomic mass is 10.1. The first-order valence-corrected chi connectivity index (χ1v) is 9.21. The fraction of sp³-hybridized carbons (Fsp3) is 0.136. The van der Waals surface area contributed by atoms with E-state index < -0.39 is 0 Å². The highest BCUT2D eigenvalue weighted by Gasteiger charge is 2.23. The fourth-order valence-corrected chi connectivity index (χ4v) is 3.30. The Bertz CT molecular complexity index is 948. The van der Waals surface area contributed by atoms with Gasteiger partial charge in [-0.25, -0.2) is 0 Å². The molecule has 136 valence electrons. The van der Waals surface area contributed by atoms with Crippen LogP contribution in [-0.2, 0) is 6.54 Å². The molecular formula is C22H19ClN2O2. The molecule has 1 unspecified atom stereocenters. The first-order valence-electron chi connectivity index (χ1n) is 8.83. The minimum atomic E-state index is -0.274. The van der Waals surface area contributed by atoms with Gasteiger partial charge >= 0.3 is 0 Å². The first kappa shape index (κ1) is 17.6. The van der Waals surface area contributed by atoms with Gasteiger partial charge < -0.3 is 10.1 Å². The summed E-state index contributed by atoms with van der Waals surface area (Å²) in [5.41, 5.74) is 2.54. The third-order valence-electron chi connectivity index (χ3n) is 4.51. The molecule has 5 heteroatoms. The summed E-state index contributed by atoms with van der Waals surface area (Å²) in [6.07, 6.45) is 8.45. The van der Waals surface area contributed by atoms with Crippen LogP contribution in [0, 0.1) is 0 Å². The molecule has 2 aromatic rings. The molecule has 0 saturated heterocycles. The summed E-state index contributed by atoms with van der Waals surface area (Å²) >= 11 is 6.04. The number of allylic oxidation sites excluding steroid dienone is 3. The first-order chi connectivity index (χ1) is 13.2. The smallest absolute Gasteiger partial charge is 0.253 e. The average molecular weight is 379 g/mol. The fourth-order valence-electron chi connectivity index (χ4n) is 3.13. The second-order valence-corrected chi connectivity index (χ2v) is 6.82. The monoisotopic (exact) mass is 378 g/mol. The number of ether oxygens (including phenoxy) is 1. The number of nitrogens with one attached hydrogen (secondary N) is 2. The van der Waals surface area contributed by atoms with Crippen LogP contribution in [0.2, 0.25) is 5.02 Å². The van der Waals surface area contributed by atoms with Gasteiger partial charge in [-0.3, -0.25) is 10.1 Å². The van der Waals surface area contributed by atoms with Gasteiger partial charge in [0.2, 0.25) is 0 Å². The lowest BCUT2D eigenvalue weighted by Crippen LogP contribution is -2.43. The topological polar surface area (TPSA) is 50.4 Å². The molecular weight excluding hydrogens is 360 g/mol. The third-order valence-corrected chi connectivity index (χ3v) is 4.75. The van der Waals surface area contributed by atoms with Crippen molar-refractivity contribution < 1.29 is 9.53 Å². The molecule has 0 saturated carbocycles. The molecule has 4 nitrogen and oxygen atoms in total. The molecule has 1 atom stereocenters. The molecule has 0 radical (unpaired) electrons. The number of carbonyl (C=O) groups is 1. The van der Waals surface area contributed by atoms with Crippen molar-refractivity contribution in [1.82, 2.24) is 10.6 Å². The van der Waals surface area contributed by atoms with Crippen molar-refractivity contribution in [3.05, 3.63) is 100 Å². The predicted molar refractivity (Wildman–Crippen MR) is 107 cm³/mol. The number of para-hydroxylation sites is 1. The van der Waals surface area contributed by atoms with Gasteiger partial charge in [-0.05, 0) is 54.0 Å². The van der Waals surface area contributed by atoms with E-state index in [1.54, 1.807) is 12.1 Å². The zero-order valence-electron chi connectivity index (χ0n) is 14.6. The van der Waals surface area contributed by atoms with Gasteiger partial charge in [-0.15, -0.1) is 0 Å². The number of halogens is 1. The Morgan fingerprint density at radius 3 is 2.74 bits per heavy atom. The summed E-state index contributed by atoms with van der Waals surface area (Å²) in [4.78, 5) is 12.6. The van der Waals surface area contributed by atoms with E-state index in [1.165, 1.54) is 0 Å². The average Bonchev–Trinajstić information content (AvgIpc) is 3.00. The van der Waals surface area contributed by atoms with Crippen LogP contribution in [0.1, 0.15) is 22.3 Å². The summed E-state index contributed by atoms with van der Waals surface area (Å²) in [7, 11) is 0. The number of hydrogen-bond donors (Lipinski definition) is 2. The maximum atomic E-state index is 12.6. The van der Waals surface area contributed by atoms with Gasteiger partial charge in [0.05, 0.1) is 0 Å². The number of carbonyl (C=O) groups excluding carboxylic acids is 1. The maximum absolute atomic E-state index is 12.6. The lowest BCUT2D eigenvalue weighted by Gasteiger charge is -2.18.